The van der Waals surface area contributed by atoms with Crippen LogP contribution in [0, 0.1) is 31.9 Å². The number of aromatic nitrogens is 2. The molecule has 0 saturated heterocycles. The van der Waals surface area contributed by atoms with Gasteiger partial charge in [-0.3, -0.25) is 4.98 Å². The molecule has 2 aromatic heterocycles. The van der Waals surface area contributed by atoms with Crippen molar-refractivity contribution in [3.63, 3.8) is 0 Å². The van der Waals surface area contributed by atoms with Gasteiger partial charge in [0.15, 0.2) is 0 Å². The molecule has 7 rings (SSSR count). The van der Waals surface area contributed by atoms with E-state index < -0.39 is 0 Å². The fourth-order valence-corrected chi connectivity index (χ4v) is 5.48. The van der Waals surface area contributed by atoms with Crippen molar-refractivity contribution in [1.29, 1.82) is 0 Å². The molecule has 0 spiro atoms. The van der Waals surface area contributed by atoms with Gasteiger partial charge in [0.1, 0.15) is 5.75 Å². The zero-order chi connectivity index (χ0) is 27.6. The van der Waals surface area contributed by atoms with E-state index in [4.69, 9.17) is 9.72 Å². The maximum Gasteiger partial charge on any atom is 0.104 e. The maximum atomic E-state index is 6.06. The second-order valence-corrected chi connectivity index (χ2v) is 10.9. The van der Waals surface area contributed by atoms with Gasteiger partial charge in [0.05, 0.1) is 12.1 Å². The molecule has 4 aromatic carbocycles. The standard InChI is InChI=1S/C22H22NO.C15H10N.Ir/c1-13(2)8-16-6-5-7-20-17(16)11-21-22(23-20)18-10-14(3)9-15(4)19(18)12-24-21;1-2-7-13(8-3-1)15-14-9-5-4-6-12(14)10-11-16-15;/h5-7,9,11,13H,8,12H2,1-4H3;1-7,9-11H;/q2*-1;. The van der Waals surface area contributed by atoms with Crippen LogP contribution in [-0.4, -0.2) is 9.97 Å². The number of pyridine rings is 2. The van der Waals surface area contributed by atoms with Crippen molar-refractivity contribution in [2.45, 2.75) is 40.7 Å². The molecule has 1 aliphatic rings. The summed E-state index contributed by atoms with van der Waals surface area (Å²) in [6.07, 6.45) is 2.90. The summed E-state index contributed by atoms with van der Waals surface area (Å²) < 4.78 is 6.06. The van der Waals surface area contributed by atoms with E-state index in [0.717, 1.165) is 45.8 Å². The van der Waals surface area contributed by atoms with Crippen LogP contribution in [0.4, 0.5) is 0 Å². The minimum atomic E-state index is 0. The van der Waals surface area contributed by atoms with Gasteiger partial charge in [-0.15, -0.1) is 64.7 Å². The zero-order valence-corrected chi connectivity index (χ0v) is 26.2. The summed E-state index contributed by atoms with van der Waals surface area (Å²) in [4.78, 5) is 9.40. The van der Waals surface area contributed by atoms with Crippen LogP contribution < -0.4 is 4.74 Å². The van der Waals surface area contributed by atoms with Gasteiger partial charge in [-0.2, -0.15) is 0 Å². The summed E-state index contributed by atoms with van der Waals surface area (Å²) in [5, 5.41) is 3.59. The number of hydrogen-bond acceptors (Lipinski definition) is 3. The van der Waals surface area contributed by atoms with Gasteiger partial charge in [-0.05, 0) is 52.6 Å². The van der Waals surface area contributed by atoms with Crippen LogP contribution in [0.1, 0.15) is 36.1 Å². The molecule has 1 aliphatic heterocycles. The first-order valence-corrected chi connectivity index (χ1v) is 13.9. The quantitative estimate of drug-likeness (QED) is 0.172. The van der Waals surface area contributed by atoms with E-state index in [2.05, 4.69) is 87.3 Å². The number of benzene rings is 4. The number of nitrogens with zero attached hydrogens (tertiary/aromatic N) is 2. The van der Waals surface area contributed by atoms with Crippen LogP contribution in [0.15, 0.2) is 91.1 Å². The molecule has 3 heterocycles. The predicted molar refractivity (Wildman–Crippen MR) is 164 cm³/mol. The fourth-order valence-electron chi connectivity index (χ4n) is 5.48. The van der Waals surface area contributed by atoms with Crippen molar-refractivity contribution in [3.8, 4) is 28.3 Å². The molecule has 4 heteroatoms. The van der Waals surface area contributed by atoms with E-state index >= 15 is 0 Å². The first kappa shape index (κ1) is 28.7. The van der Waals surface area contributed by atoms with E-state index in [1.54, 1.807) is 0 Å². The van der Waals surface area contributed by atoms with E-state index in [1.807, 2.05) is 48.7 Å². The summed E-state index contributed by atoms with van der Waals surface area (Å²) in [7, 11) is 0. The van der Waals surface area contributed by atoms with Crippen LogP contribution in [0.25, 0.3) is 44.2 Å². The molecule has 207 valence electrons. The summed E-state index contributed by atoms with van der Waals surface area (Å²) in [5.41, 5.74) is 10.1. The van der Waals surface area contributed by atoms with Crippen LogP contribution >= 0.6 is 0 Å². The van der Waals surface area contributed by atoms with Crippen molar-refractivity contribution in [2.75, 3.05) is 0 Å². The number of ether oxygens (including phenoxy) is 1. The number of fused-ring (bicyclic) bond motifs is 5. The molecule has 0 amide bonds. The molecule has 1 radical (unpaired) electrons. The molecule has 41 heavy (non-hydrogen) atoms. The third-order valence-electron chi connectivity index (χ3n) is 7.32. The van der Waals surface area contributed by atoms with Crippen molar-refractivity contribution in [2.24, 2.45) is 5.92 Å². The van der Waals surface area contributed by atoms with Crippen molar-refractivity contribution in [3.05, 3.63) is 126 Å². The smallest absolute Gasteiger partial charge is 0.104 e. The third-order valence-corrected chi connectivity index (χ3v) is 7.32. The number of rotatable bonds is 3. The summed E-state index contributed by atoms with van der Waals surface area (Å²) in [6.45, 7) is 9.32. The van der Waals surface area contributed by atoms with E-state index in [1.165, 1.54) is 32.8 Å². The molecular weight excluding hydrogens is 681 g/mol. The minimum absolute atomic E-state index is 0. The number of aryl methyl sites for hydroxylation is 2. The molecular formula is C37H32IrN2O-2. The van der Waals surface area contributed by atoms with Crippen LogP contribution in [0.5, 0.6) is 5.75 Å². The first-order chi connectivity index (χ1) is 19.5. The average molecular weight is 713 g/mol. The van der Waals surface area contributed by atoms with Gasteiger partial charge in [0.25, 0.3) is 0 Å². The zero-order valence-electron chi connectivity index (χ0n) is 23.8. The maximum absolute atomic E-state index is 6.06. The molecule has 0 aliphatic carbocycles. The molecule has 0 fully saturated rings. The molecule has 3 nitrogen and oxygen atoms in total. The monoisotopic (exact) mass is 713 g/mol. The van der Waals surface area contributed by atoms with Crippen molar-refractivity contribution < 1.29 is 24.8 Å². The SMILES string of the molecule is Cc1[c-]c2c(c(C)c1)COc1cc3c(CC(C)C)cccc3nc1-2.[Ir].[c-]1ccccc1-c1nccc2ccccc12. The van der Waals surface area contributed by atoms with Gasteiger partial charge in [-0.25, -0.2) is 0 Å². The topological polar surface area (TPSA) is 35.0 Å². The Morgan fingerprint density at radius 2 is 1.71 bits per heavy atom. The molecule has 0 saturated carbocycles. The Hall–Kier alpha value is -3.85. The molecule has 6 aromatic rings. The van der Waals surface area contributed by atoms with E-state index in [9.17, 15) is 0 Å². The van der Waals surface area contributed by atoms with Crippen LogP contribution in [-0.2, 0) is 33.1 Å². The van der Waals surface area contributed by atoms with Gasteiger partial charge >= 0.3 is 0 Å². The Bertz CT molecular complexity index is 1820. The second-order valence-electron chi connectivity index (χ2n) is 10.9. The molecule has 0 N–H and O–H groups in total. The Labute approximate surface area is 256 Å². The van der Waals surface area contributed by atoms with E-state index in [-0.39, 0.29) is 20.1 Å². The van der Waals surface area contributed by atoms with Crippen molar-refractivity contribution in [1.82, 2.24) is 9.97 Å². The van der Waals surface area contributed by atoms with Gasteiger partial charge < -0.3 is 9.72 Å². The Morgan fingerprint density at radius 3 is 2.51 bits per heavy atom. The second kappa shape index (κ2) is 12.3. The third kappa shape index (κ3) is 5.95. The normalized spacial score (nSPS) is 11.6. The van der Waals surface area contributed by atoms with E-state index in [0.29, 0.717) is 12.5 Å². The Balaban J connectivity index is 0.000000173. The fraction of sp³-hybridized carbons (Fsp3) is 0.189. The molecule has 0 atom stereocenters. The number of hydrogen-bond donors (Lipinski definition) is 0. The Kier molecular flexibility index (Phi) is 8.63. The molecule has 0 unspecified atom stereocenters. The Morgan fingerprint density at radius 1 is 0.878 bits per heavy atom. The van der Waals surface area contributed by atoms with Crippen LogP contribution in [0.3, 0.4) is 0 Å². The summed E-state index contributed by atoms with van der Waals surface area (Å²) in [5.74, 6) is 1.50. The molecule has 0 bridgehead atoms. The van der Waals surface area contributed by atoms with Gasteiger partial charge in [0.2, 0.25) is 0 Å². The average Bonchev–Trinajstić information content (AvgIpc) is 2.96. The predicted octanol–water partition coefficient (Wildman–Crippen LogP) is 9.11. The van der Waals surface area contributed by atoms with Crippen LogP contribution in [0.2, 0.25) is 0 Å². The van der Waals surface area contributed by atoms with Gasteiger partial charge in [-0.1, -0.05) is 69.7 Å². The summed E-state index contributed by atoms with van der Waals surface area (Å²) in [6, 6.07) is 35.7. The minimum Gasteiger partial charge on any atom is -0.506 e. The van der Waals surface area contributed by atoms with Crippen molar-refractivity contribution >= 4 is 21.7 Å². The largest absolute Gasteiger partial charge is 0.506 e. The first-order valence-electron chi connectivity index (χ1n) is 13.9. The summed E-state index contributed by atoms with van der Waals surface area (Å²) >= 11 is 0. The van der Waals surface area contributed by atoms with Gasteiger partial charge in [0, 0.05) is 37.4 Å².